The fourth-order valence-corrected chi connectivity index (χ4v) is 4.51. The number of rotatable bonds is 6. The third kappa shape index (κ3) is 4.40. The molecule has 0 radical (unpaired) electrons. The van der Waals surface area contributed by atoms with E-state index in [0.29, 0.717) is 33.3 Å². The highest BCUT2D eigenvalue weighted by atomic mass is 32.2. The smallest absolute Gasteiger partial charge is 0.241 e. The highest BCUT2D eigenvalue weighted by molar-refractivity contribution is 7.89. The standard InChI is InChI=1S/C19H20FN3O3S/c1-12-10-13(2)18(14(3)11-12)27(24,25)21-9-8-17-22-19(23-26-17)15-4-6-16(20)7-5-15/h4-7,10-11,21H,8-9H2,1-3H3. The Balaban J connectivity index is 1.67. The summed E-state index contributed by atoms with van der Waals surface area (Å²) in [4.78, 5) is 4.51. The summed E-state index contributed by atoms with van der Waals surface area (Å²) in [6, 6.07) is 9.41. The first-order chi connectivity index (χ1) is 12.8. The van der Waals surface area contributed by atoms with E-state index in [-0.39, 0.29) is 18.8 Å². The van der Waals surface area contributed by atoms with E-state index in [1.54, 1.807) is 26.0 Å². The molecule has 0 amide bonds. The molecule has 0 aliphatic rings. The molecule has 8 heteroatoms. The van der Waals surface area contributed by atoms with Crippen LogP contribution in [0.3, 0.4) is 0 Å². The molecule has 0 aliphatic carbocycles. The van der Waals surface area contributed by atoms with Gasteiger partial charge in [-0.1, -0.05) is 22.9 Å². The van der Waals surface area contributed by atoms with Crippen molar-refractivity contribution in [1.29, 1.82) is 0 Å². The number of benzene rings is 2. The molecular weight excluding hydrogens is 369 g/mol. The molecular formula is C19H20FN3O3S. The van der Waals surface area contributed by atoms with Crippen LogP contribution in [0.15, 0.2) is 45.8 Å². The van der Waals surface area contributed by atoms with Crippen molar-refractivity contribution in [2.45, 2.75) is 32.1 Å². The summed E-state index contributed by atoms with van der Waals surface area (Å²) in [6.07, 6.45) is 0.247. The second-order valence-corrected chi connectivity index (χ2v) is 8.10. The van der Waals surface area contributed by atoms with E-state index in [9.17, 15) is 12.8 Å². The van der Waals surface area contributed by atoms with Crippen LogP contribution in [0.4, 0.5) is 4.39 Å². The van der Waals surface area contributed by atoms with Gasteiger partial charge in [0.1, 0.15) is 5.82 Å². The Bertz CT molecular complexity index is 1040. The van der Waals surface area contributed by atoms with Crippen molar-refractivity contribution >= 4 is 10.0 Å². The minimum Gasteiger partial charge on any atom is -0.339 e. The van der Waals surface area contributed by atoms with Crippen molar-refractivity contribution in [1.82, 2.24) is 14.9 Å². The number of aryl methyl sites for hydroxylation is 3. The van der Waals surface area contributed by atoms with Crippen molar-refractivity contribution in [2.24, 2.45) is 0 Å². The van der Waals surface area contributed by atoms with Gasteiger partial charge in [-0.3, -0.25) is 0 Å². The number of halogens is 1. The molecule has 0 fully saturated rings. The first-order valence-electron chi connectivity index (χ1n) is 8.42. The van der Waals surface area contributed by atoms with Crippen LogP contribution in [0.2, 0.25) is 0 Å². The molecule has 0 spiro atoms. The summed E-state index contributed by atoms with van der Waals surface area (Å²) in [7, 11) is -3.64. The maximum absolute atomic E-state index is 13.0. The predicted molar refractivity (Wildman–Crippen MR) is 99.2 cm³/mol. The highest BCUT2D eigenvalue weighted by Gasteiger charge is 2.20. The van der Waals surface area contributed by atoms with Crippen LogP contribution >= 0.6 is 0 Å². The molecule has 2 aromatic carbocycles. The van der Waals surface area contributed by atoms with Gasteiger partial charge >= 0.3 is 0 Å². The molecule has 0 aliphatic heterocycles. The summed E-state index contributed by atoms with van der Waals surface area (Å²) in [5.74, 6) is 0.283. The molecule has 0 saturated carbocycles. The lowest BCUT2D eigenvalue weighted by Crippen LogP contribution is -2.27. The normalized spacial score (nSPS) is 11.7. The zero-order chi connectivity index (χ0) is 19.6. The topological polar surface area (TPSA) is 85.1 Å². The number of nitrogens with one attached hydrogen (secondary N) is 1. The maximum atomic E-state index is 13.0. The average Bonchev–Trinajstić information content (AvgIpc) is 3.03. The van der Waals surface area contributed by atoms with E-state index in [1.807, 2.05) is 19.1 Å². The van der Waals surface area contributed by atoms with Crippen LogP contribution in [0.5, 0.6) is 0 Å². The highest BCUT2D eigenvalue weighted by Crippen LogP contribution is 2.21. The molecule has 3 rings (SSSR count). The average molecular weight is 389 g/mol. The summed E-state index contributed by atoms with van der Waals surface area (Å²) in [5, 5.41) is 3.84. The SMILES string of the molecule is Cc1cc(C)c(S(=O)(=O)NCCc2nc(-c3ccc(F)cc3)no2)c(C)c1. The molecule has 1 N–H and O–H groups in total. The zero-order valence-electron chi connectivity index (χ0n) is 15.3. The van der Waals surface area contributed by atoms with E-state index in [2.05, 4.69) is 14.9 Å². The van der Waals surface area contributed by atoms with Gasteiger partial charge in [0.15, 0.2) is 0 Å². The van der Waals surface area contributed by atoms with Crippen LogP contribution in [-0.4, -0.2) is 25.1 Å². The molecule has 6 nitrogen and oxygen atoms in total. The van der Waals surface area contributed by atoms with Crippen LogP contribution in [0, 0.1) is 26.6 Å². The van der Waals surface area contributed by atoms with Gasteiger partial charge < -0.3 is 4.52 Å². The molecule has 142 valence electrons. The van der Waals surface area contributed by atoms with Crippen molar-refractivity contribution in [3.8, 4) is 11.4 Å². The van der Waals surface area contributed by atoms with Crippen LogP contribution in [0.25, 0.3) is 11.4 Å². The lowest BCUT2D eigenvalue weighted by atomic mass is 10.1. The van der Waals surface area contributed by atoms with Gasteiger partial charge in [0, 0.05) is 18.5 Å². The fraction of sp³-hybridized carbons (Fsp3) is 0.263. The second-order valence-electron chi connectivity index (χ2n) is 6.39. The first kappa shape index (κ1) is 19.2. The molecule has 0 atom stereocenters. The van der Waals surface area contributed by atoms with Gasteiger partial charge in [0.25, 0.3) is 0 Å². The van der Waals surface area contributed by atoms with E-state index < -0.39 is 10.0 Å². The number of hydrogen-bond donors (Lipinski definition) is 1. The summed E-state index contributed by atoms with van der Waals surface area (Å²) in [6.45, 7) is 5.61. The summed E-state index contributed by atoms with van der Waals surface area (Å²) < 4.78 is 45.9. The predicted octanol–water partition coefficient (Wildman–Crippen LogP) is 3.32. The number of hydrogen-bond acceptors (Lipinski definition) is 5. The van der Waals surface area contributed by atoms with Gasteiger partial charge in [-0.25, -0.2) is 17.5 Å². The molecule has 0 bridgehead atoms. The molecule has 1 aromatic heterocycles. The van der Waals surface area contributed by atoms with E-state index in [4.69, 9.17) is 4.52 Å². The molecule has 27 heavy (non-hydrogen) atoms. The van der Waals surface area contributed by atoms with E-state index in [0.717, 1.165) is 5.56 Å². The number of sulfonamides is 1. The van der Waals surface area contributed by atoms with Gasteiger partial charge in [-0.2, -0.15) is 4.98 Å². The first-order valence-corrected chi connectivity index (χ1v) is 9.90. The number of aromatic nitrogens is 2. The third-order valence-corrected chi connectivity index (χ3v) is 5.84. The summed E-state index contributed by atoms with van der Waals surface area (Å²) in [5.41, 5.74) is 3.05. The monoisotopic (exact) mass is 389 g/mol. The Kier molecular flexibility index (Phi) is 5.38. The lowest BCUT2D eigenvalue weighted by molar-refractivity contribution is 0.379. The Morgan fingerprint density at radius 2 is 1.70 bits per heavy atom. The van der Waals surface area contributed by atoms with Crippen molar-refractivity contribution < 1.29 is 17.3 Å². The Labute approximate surface area is 157 Å². The van der Waals surface area contributed by atoms with E-state index >= 15 is 0 Å². The van der Waals surface area contributed by atoms with Crippen molar-refractivity contribution in [3.05, 3.63) is 64.8 Å². The van der Waals surface area contributed by atoms with Crippen LogP contribution in [0.1, 0.15) is 22.6 Å². The quantitative estimate of drug-likeness (QED) is 0.699. The fourth-order valence-electron chi connectivity index (χ4n) is 3.03. The summed E-state index contributed by atoms with van der Waals surface area (Å²) >= 11 is 0. The Morgan fingerprint density at radius 1 is 1.07 bits per heavy atom. The third-order valence-electron chi connectivity index (χ3n) is 4.07. The van der Waals surface area contributed by atoms with Gasteiger partial charge in [-0.15, -0.1) is 0 Å². The molecule has 3 aromatic rings. The molecule has 0 saturated heterocycles. The minimum atomic E-state index is -3.64. The second kappa shape index (κ2) is 7.58. The molecule has 1 heterocycles. The minimum absolute atomic E-state index is 0.125. The Morgan fingerprint density at radius 3 is 2.33 bits per heavy atom. The largest absolute Gasteiger partial charge is 0.339 e. The Hall–Kier alpha value is -2.58. The van der Waals surface area contributed by atoms with Crippen LogP contribution in [-0.2, 0) is 16.4 Å². The van der Waals surface area contributed by atoms with Gasteiger partial charge in [0.05, 0.1) is 4.90 Å². The van der Waals surface area contributed by atoms with Crippen LogP contribution < -0.4 is 4.72 Å². The number of nitrogens with zero attached hydrogens (tertiary/aromatic N) is 2. The molecule has 0 unspecified atom stereocenters. The maximum Gasteiger partial charge on any atom is 0.241 e. The zero-order valence-corrected chi connectivity index (χ0v) is 16.1. The van der Waals surface area contributed by atoms with Crippen molar-refractivity contribution in [3.63, 3.8) is 0 Å². The van der Waals surface area contributed by atoms with Gasteiger partial charge in [0.2, 0.25) is 21.7 Å². The lowest BCUT2D eigenvalue weighted by Gasteiger charge is -2.12. The van der Waals surface area contributed by atoms with Crippen molar-refractivity contribution in [2.75, 3.05) is 6.54 Å². The van der Waals surface area contributed by atoms with E-state index in [1.165, 1.54) is 12.1 Å². The van der Waals surface area contributed by atoms with Gasteiger partial charge in [-0.05, 0) is 56.2 Å².